The molecule has 0 amide bonds. The zero-order chi connectivity index (χ0) is 25.0. The maximum absolute atomic E-state index is 4.95. The van der Waals surface area contributed by atoms with Gasteiger partial charge in [0.15, 0.2) is 5.82 Å². The van der Waals surface area contributed by atoms with Crippen molar-refractivity contribution in [3.63, 3.8) is 0 Å². The molecule has 0 saturated carbocycles. The van der Waals surface area contributed by atoms with Crippen molar-refractivity contribution in [3.8, 4) is 22.6 Å². The van der Waals surface area contributed by atoms with E-state index >= 15 is 0 Å². The van der Waals surface area contributed by atoms with Crippen LogP contribution in [0.25, 0.3) is 33.5 Å². The Hall–Kier alpha value is -3.14. The highest BCUT2D eigenvalue weighted by atomic mass is 15.1. The number of aromatic nitrogens is 4. The Morgan fingerprint density at radius 3 is 1.91 bits per heavy atom. The van der Waals surface area contributed by atoms with E-state index in [4.69, 9.17) is 15.0 Å². The molecule has 0 N–H and O–H groups in total. The van der Waals surface area contributed by atoms with E-state index < -0.39 is 0 Å². The third-order valence-corrected chi connectivity index (χ3v) is 6.52. The van der Waals surface area contributed by atoms with Gasteiger partial charge < -0.3 is 0 Å². The molecule has 2 heterocycles. The molecule has 0 aliphatic carbocycles. The molecule has 2 aromatic heterocycles. The zero-order valence-corrected chi connectivity index (χ0v) is 22.3. The van der Waals surface area contributed by atoms with E-state index in [1.807, 2.05) is 0 Å². The molecule has 0 unspecified atom stereocenters. The highest BCUT2D eigenvalue weighted by Crippen LogP contribution is 2.32. The average molecular weight is 454 g/mol. The normalized spacial score (nSPS) is 12.4. The van der Waals surface area contributed by atoms with Gasteiger partial charge in [-0.05, 0) is 44.0 Å². The molecule has 2 aromatic carbocycles. The van der Waals surface area contributed by atoms with Crippen LogP contribution in [0.3, 0.4) is 0 Å². The zero-order valence-electron chi connectivity index (χ0n) is 22.3. The number of hydrogen-bond donors (Lipinski definition) is 0. The van der Waals surface area contributed by atoms with E-state index in [-0.39, 0.29) is 10.8 Å². The van der Waals surface area contributed by atoms with Crippen LogP contribution in [0.2, 0.25) is 0 Å². The lowest BCUT2D eigenvalue weighted by Crippen LogP contribution is -2.32. The lowest BCUT2D eigenvalue weighted by atomic mass is 9.92. The van der Waals surface area contributed by atoms with Crippen LogP contribution in [0, 0.1) is 20.8 Å². The van der Waals surface area contributed by atoms with Gasteiger partial charge in [-0.15, -0.1) is 0 Å². The summed E-state index contributed by atoms with van der Waals surface area (Å²) < 4.78 is 2.29. The van der Waals surface area contributed by atoms with Crippen molar-refractivity contribution in [2.45, 2.75) is 73.1 Å². The van der Waals surface area contributed by atoms with Crippen LogP contribution in [0.4, 0.5) is 0 Å². The fraction of sp³-hybridized carbons (Fsp3) is 0.400. The van der Waals surface area contributed by atoms with Gasteiger partial charge >= 0.3 is 0 Å². The molecule has 4 nitrogen and oxygen atoms in total. The summed E-state index contributed by atoms with van der Waals surface area (Å²) in [5.74, 6) is 2.39. The van der Waals surface area contributed by atoms with Gasteiger partial charge in [0.1, 0.15) is 18.7 Å². The topological polar surface area (TPSA) is 42.6 Å². The molecule has 0 aliphatic heterocycles. The Morgan fingerprint density at radius 1 is 0.706 bits per heavy atom. The van der Waals surface area contributed by atoms with Crippen LogP contribution in [-0.4, -0.2) is 15.0 Å². The quantitative estimate of drug-likeness (QED) is 0.317. The van der Waals surface area contributed by atoms with E-state index in [9.17, 15) is 0 Å². The second kappa shape index (κ2) is 8.26. The average Bonchev–Trinajstić information content (AvgIpc) is 2.75. The van der Waals surface area contributed by atoms with E-state index in [0.29, 0.717) is 0 Å². The summed E-state index contributed by atoms with van der Waals surface area (Å²) in [7, 11) is 2.15. The third kappa shape index (κ3) is 4.34. The first kappa shape index (κ1) is 24.0. The van der Waals surface area contributed by atoms with Crippen LogP contribution in [-0.2, 0) is 17.9 Å². The molecular weight excluding hydrogens is 416 g/mol. The number of hydrogen-bond acceptors (Lipinski definition) is 3. The van der Waals surface area contributed by atoms with Crippen LogP contribution in [0.15, 0.2) is 42.5 Å². The summed E-state index contributed by atoms with van der Waals surface area (Å²) in [6.07, 6.45) is 0. The lowest BCUT2D eigenvalue weighted by molar-refractivity contribution is -0.633. The summed E-state index contributed by atoms with van der Waals surface area (Å²) in [6, 6.07) is 15.4. The molecule has 0 saturated heterocycles. The van der Waals surface area contributed by atoms with Crippen molar-refractivity contribution < 1.29 is 4.57 Å². The fourth-order valence-corrected chi connectivity index (χ4v) is 4.36. The first-order valence-corrected chi connectivity index (χ1v) is 12.0. The first-order chi connectivity index (χ1) is 15.8. The summed E-state index contributed by atoms with van der Waals surface area (Å²) in [4.78, 5) is 14.8. The highest BCUT2D eigenvalue weighted by Gasteiger charge is 2.26. The highest BCUT2D eigenvalue weighted by molar-refractivity contribution is 5.92. The molecule has 0 spiro atoms. The van der Waals surface area contributed by atoms with Crippen molar-refractivity contribution >= 4 is 10.9 Å². The fourth-order valence-electron chi connectivity index (χ4n) is 4.36. The van der Waals surface area contributed by atoms with Gasteiger partial charge in [-0.25, -0.2) is 15.0 Å². The number of benzene rings is 2. The van der Waals surface area contributed by atoms with Gasteiger partial charge in [0.2, 0.25) is 11.2 Å². The summed E-state index contributed by atoms with van der Waals surface area (Å²) in [5.41, 5.74) is 8.26. The van der Waals surface area contributed by atoms with Gasteiger partial charge in [-0.3, -0.25) is 0 Å². The molecule has 0 radical (unpaired) electrons. The summed E-state index contributed by atoms with van der Waals surface area (Å²) >= 11 is 0. The number of nitrogens with zero attached hydrogens (tertiary/aromatic N) is 4. The first-order valence-electron chi connectivity index (χ1n) is 12.0. The Balaban J connectivity index is 1.98. The monoisotopic (exact) mass is 453 g/mol. The number of fused-ring (bicyclic) bond motifs is 1. The Bertz CT molecular complexity index is 1370. The van der Waals surface area contributed by atoms with Crippen molar-refractivity contribution in [3.05, 3.63) is 70.8 Å². The Labute approximate surface area is 204 Å². The van der Waals surface area contributed by atoms with Gasteiger partial charge in [0, 0.05) is 34.1 Å². The Kier molecular flexibility index (Phi) is 5.83. The van der Waals surface area contributed by atoms with Crippen molar-refractivity contribution in [2.75, 3.05) is 0 Å². The minimum atomic E-state index is -0.166. The smallest absolute Gasteiger partial charge is 0.213 e. The van der Waals surface area contributed by atoms with E-state index in [1.165, 1.54) is 27.9 Å². The van der Waals surface area contributed by atoms with Crippen LogP contribution in [0.1, 0.15) is 69.9 Å². The molecule has 4 aromatic rings. The standard InChI is InChI=1S/C30H37N4/c1-18-16-19(2)20(3)23(17-18)25-15-14-21-22(12-11-13-24(21)34(25)10)26-31-27(29(4,5)6)33-28(32-26)30(7,8)9/h11-17H,1-10H3/q+1. The molecule has 4 rings (SSSR count). The number of pyridine rings is 1. The molecule has 0 bridgehead atoms. The maximum Gasteiger partial charge on any atom is 0.213 e. The molecular formula is C30H37N4+. The molecule has 0 atom stereocenters. The van der Waals surface area contributed by atoms with E-state index in [1.54, 1.807) is 0 Å². The summed E-state index contributed by atoms with van der Waals surface area (Å²) in [5, 5.41) is 1.14. The predicted octanol–water partition coefficient (Wildman–Crippen LogP) is 6.70. The van der Waals surface area contributed by atoms with Crippen molar-refractivity contribution in [2.24, 2.45) is 7.05 Å². The second-order valence-electron chi connectivity index (χ2n) is 11.6. The van der Waals surface area contributed by atoms with E-state index in [0.717, 1.165) is 33.9 Å². The Morgan fingerprint density at radius 2 is 1.32 bits per heavy atom. The maximum atomic E-state index is 4.95. The molecule has 176 valence electrons. The SMILES string of the molecule is Cc1cc(C)c(C)c(-c2ccc3c(-c4nc(C(C)(C)C)nc(C(C)(C)C)n4)cccc3[n+]2C)c1. The number of rotatable bonds is 2. The minimum Gasteiger partial charge on any atom is -0.217 e. The van der Waals surface area contributed by atoms with Crippen molar-refractivity contribution in [1.29, 1.82) is 0 Å². The largest absolute Gasteiger partial charge is 0.217 e. The molecule has 0 aliphatic rings. The van der Waals surface area contributed by atoms with Crippen molar-refractivity contribution in [1.82, 2.24) is 15.0 Å². The number of aryl methyl sites for hydroxylation is 3. The van der Waals surface area contributed by atoms with Gasteiger partial charge in [0.25, 0.3) is 0 Å². The van der Waals surface area contributed by atoms with Crippen LogP contribution in [0.5, 0.6) is 0 Å². The molecule has 0 fully saturated rings. The second-order valence-corrected chi connectivity index (χ2v) is 11.6. The summed E-state index contributed by atoms with van der Waals surface area (Å²) in [6.45, 7) is 19.5. The molecule has 4 heteroatoms. The predicted molar refractivity (Wildman–Crippen MR) is 141 cm³/mol. The molecule has 34 heavy (non-hydrogen) atoms. The van der Waals surface area contributed by atoms with Crippen LogP contribution >= 0.6 is 0 Å². The van der Waals surface area contributed by atoms with Crippen LogP contribution < -0.4 is 4.57 Å². The minimum absolute atomic E-state index is 0.166. The lowest BCUT2D eigenvalue weighted by Gasteiger charge is -2.23. The third-order valence-electron chi connectivity index (χ3n) is 6.52. The van der Waals surface area contributed by atoms with Gasteiger partial charge in [-0.2, -0.15) is 4.57 Å². The van der Waals surface area contributed by atoms with Gasteiger partial charge in [0.05, 0.1) is 5.39 Å². The van der Waals surface area contributed by atoms with E-state index in [2.05, 4.69) is 116 Å². The van der Waals surface area contributed by atoms with Gasteiger partial charge in [-0.1, -0.05) is 65.3 Å².